The molecule has 0 saturated carbocycles. The fourth-order valence-electron chi connectivity index (χ4n) is 3.44. The lowest BCUT2D eigenvalue weighted by Crippen LogP contribution is -2.25. The van der Waals surface area contributed by atoms with E-state index in [0.29, 0.717) is 23.6 Å². The summed E-state index contributed by atoms with van der Waals surface area (Å²) >= 11 is 1.39. The molecule has 1 aliphatic rings. The number of nitriles is 1. The molecule has 1 atom stereocenters. The van der Waals surface area contributed by atoms with E-state index in [2.05, 4.69) is 11.4 Å². The van der Waals surface area contributed by atoms with Crippen LogP contribution in [0.3, 0.4) is 0 Å². The van der Waals surface area contributed by atoms with Crippen molar-refractivity contribution in [3.8, 4) is 11.8 Å². The van der Waals surface area contributed by atoms with E-state index >= 15 is 0 Å². The van der Waals surface area contributed by atoms with Crippen molar-refractivity contribution in [2.75, 3.05) is 11.9 Å². The summed E-state index contributed by atoms with van der Waals surface area (Å²) in [5, 5.41) is 12.9. The number of hydrogen-bond acceptors (Lipinski definition) is 5. The molecule has 0 radical (unpaired) electrons. The van der Waals surface area contributed by atoms with Gasteiger partial charge in [0.05, 0.1) is 17.4 Å². The van der Waals surface area contributed by atoms with E-state index in [1.54, 1.807) is 0 Å². The first kappa shape index (κ1) is 21.2. The quantitative estimate of drug-likeness (QED) is 0.507. The fraction of sp³-hybridized carbons (Fsp3) is 0.435. The molecule has 29 heavy (non-hydrogen) atoms. The van der Waals surface area contributed by atoms with Gasteiger partial charge in [0.2, 0.25) is 5.91 Å². The van der Waals surface area contributed by atoms with Crippen molar-refractivity contribution in [2.24, 2.45) is 0 Å². The number of carbonyl (C=O) groups is 1. The third-order valence-corrected chi connectivity index (χ3v) is 6.35. The number of amides is 1. The van der Waals surface area contributed by atoms with Crippen LogP contribution in [0, 0.1) is 11.3 Å². The normalized spacial score (nSPS) is 14.2. The Balaban J connectivity index is 1.74. The van der Waals surface area contributed by atoms with Crippen LogP contribution in [0.1, 0.15) is 56.4 Å². The molecule has 0 bridgehead atoms. The molecule has 1 aromatic heterocycles. The molecule has 1 N–H and O–H groups in total. The Morgan fingerprint density at radius 1 is 1.24 bits per heavy atom. The Kier molecular flexibility index (Phi) is 7.54. The average molecular weight is 410 g/mol. The van der Waals surface area contributed by atoms with Crippen LogP contribution < -0.4 is 10.1 Å². The fourth-order valence-corrected chi connectivity index (χ4v) is 4.44. The van der Waals surface area contributed by atoms with Crippen LogP contribution in [0.5, 0.6) is 5.75 Å². The Bertz CT molecular complexity index is 890. The molecule has 2 aromatic rings. The highest BCUT2D eigenvalue weighted by molar-refractivity contribution is 8.00. The van der Waals surface area contributed by atoms with E-state index in [1.807, 2.05) is 44.2 Å². The standard InChI is InChI=1S/C23H27N3O2S/c1-3-21(22(27)25-18-10-12-19(13-11-18)28-4-2)29-23-17(15-24)14-16-8-6-5-7-9-20(16)26-23/h10-14,21H,3-9H2,1-2H3,(H,25,27). The van der Waals surface area contributed by atoms with E-state index in [0.717, 1.165) is 42.8 Å². The lowest BCUT2D eigenvalue weighted by molar-refractivity contribution is -0.115. The summed E-state index contributed by atoms with van der Waals surface area (Å²) < 4.78 is 5.44. The Labute approximate surface area is 176 Å². The number of aromatic nitrogens is 1. The number of carbonyl (C=O) groups excluding carboxylic acids is 1. The minimum absolute atomic E-state index is 0.0812. The molecule has 5 nitrogen and oxygen atoms in total. The maximum atomic E-state index is 12.8. The first-order chi connectivity index (χ1) is 14.1. The Morgan fingerprint density at radius 3 is 2.69 bits per heavy atom. The number of nitrogens with one attached hydrogen (secondary N) is 1. The van der Waals surface area contributed by atoms with Gasteiger partial charge in [0.15, 0.2) is 0 Å². The lowest BCUT2D eigenvalue weighted by atomic mass is 10.1. The van der Waals surface area contributed by atoms with Gasteiger partial charge >= 0.3 is 0 Å². The van der Waals surface area contributed by atoms with Crippen LogP contribution in [0.15, 0.2) is 35.4 Å². The van der Waals surface area contributed by atoms with Crippen LogP contribution in [0.4, 0.5) is 5.69 Å². The summed E-state index contributed by atoms with van der Waals surface area (Å²) in [6, 6.07) is 11.6. The number of anilines is 1. The molecule has 1 heterocycles. The van der Waals surface area contributed by atoms with E-state index in [1.165, 1.54) is 23.7 Å². The number of ether oxygens (including phenoxy) is 1. The van der Waals surface area contributed by atoms with Gasteiger partial charge in [0, 0.05) is 11.4 Å². The van der Waals surface area contributed by atoms with Crippen molar-refractivity contribution in [3.63, 3.8) is 0 Å². The molecule has 1 amide bonds. The predicted octanol–water partition coefficient (Wildman–Crippen LogP) is 5.13. The number of benzene rings is 1. The minimum atomic E-state index is -0.315. The smallest absolute Gasteiger partial charge is 0.237 e. The molecule has 0 spiro atoms. The van der Waals surface area contributed by atoms with Gasteiger partial charge in [0.25, 0.3) is 0 Å². The highest BCUT2D eigenvalue weighted by atomic mass is 32.2. The van der Waals surface area contributed by atoms with Crippen molar-refractivity contribution < 1.29 is 9.53 Å². The summed E-state index contributed by atoms with van der Waals surface area (Å²) in [4.78, 5) is 17.6. The molecule has 3 rings (SSSR count). The van der Waals surface area contributed by atoms with Crippen LogP contribution in [0.2, 0.25) is 0 Å². The van der Waals surface area contributed by atoms with Gasteiger partial charge in [-0.05, 0) is 74.9 Å². The zero-order valence-corrected chi connectivity index (χ0v) is 17.8. The van der Waals surface area contributed by atoms with Gasteiger partial charge in [-0.1, -0.05) is 25.1 Å². The van der Waals surface area contributed by atoms with Gasteiger partial charge in [0.1, 0.15) is 16.8 Å². The van der Waals surface area contributed by atoms with Crippen LogP contribution in [-0.4, -0.2) is 22.7 Å². The number of thioether (sulfide) groups is 1. The molecule has 0 aliphatic heterocycles. The SMILES string of the molecule is CCOc1ccc(NC(=O)C(CC)Sc2nc3c(cc2C#N)CCCCC3)cc1. The van der Waals surface area contributed by atoms with Crippen LogP contribution >= 0.6 is 11.8 Å². The van der Waals surface area contributed by atoms with Gasteiger partial charge in [-0.25, -0.2) is 4.98 Å². The highest BCUT2D eigenvalue weighted by Gasteiger charge is 2.22. The topological polar surface area (TPSA) is 75.0 Å². The van der Waals surface area contributed by atoms with Gasteiger partial charge in [-0.15, -0.1) is 0 Å². The maximum Gasteiger partial charge on any atom is 0.237 e. The number of fused-ring (bicyclic) bond motifs is 1. The van der Waals surface area contributed by atoms with E-state index in [-0.39, 0.29) is 11.2 Å². The third-order valence-electron chi connectivity index (χ3n) is 4.99. The number of hydrogen-bond donors (Lipinski definition) is 1. The summed E-state index contributed by atoms with van der Waals surface area (Å²) in [5.74, 6) is 0.696. The summed E-state index contributed by atoms with van der Waals surface area (Å²) in [6.07, 6.45) is 6.06. The van der Waals surface area contributed by atoms with Crippen molar-refractivity contribution in [3.05, 3.63) is 47.2 Å². The Hall–Kier alpha value is -2.52. The predicted molar refractivity (Wildman–Crippen MR) is 116 cm³/mol. The molecule has 6 heteroatoms. The summed E-state index contributed by atoms with van der Waals surface area (Å²) in [5.41, 5.74) is 3.58. The van der Waals surface area contributed by atoms with E-state index in [9.17, 15) is 10.1 Å². The average Bonchev–Trinajstić information content (AvgIpc) is 2.97. The van der Waals surface area contributed by atoms with Gasteiger partial charge < -0.3 is 10.1 Å². The second-order valence-electron chi connectivity index (χ2n) is 7.08. The first-order valence-corrected chi connectivity index (χ1v) is 11.2. The van der Waals surface area contributed by atoms with Gasteiger partial charge in [-0.3, -0.25) is 4.79 Å². The molecule has 152 valence electrons. The molecule has 0 saturated heterocycles. The molecule has 1 aromatic carbocycles. The Morgan fingerprint density at radius 2 is 2.00 bits per heavy atom. The van der Waals surface area contributed by atoms with Crippen molar-refractivity contribution in [1.82, 2.24) is 4.98 Å². The highest BCUT2D eigenvalue weighted by Crippen LogP contribution is 2.31. The maximum absolute atomic E-state index is 12.8. The molecule has 1 unspecified atom stereocenters. The monoisotopic (exact) mass is 409 g/mol. The van der Waals surface area contributed by atoms with Crippen molar-refractivity contribution >= 4 is 23.4 Å². The number of nitrogens with zero attached hydrogens (tertiary/aromatic N) is 2. The molecule has 1 aliphatic carbocycles. The second-order valence-corrected chi connectivity index (χ2v) is 8.27. The first-order valence-electron chi connectivity index (χ1n) is 10.3. The van der Waals surface area contributed by atoms with Crippen LogP contribution in [0.25, 0.3) is 0 Å². The number of rotatable bonds is 7. The summed E-state index contributed by atoms with van der Waals surface area (Å²) in [7, 11) is 0. The zero-order valence-electron chi connectivity index (χ0n) is 17.0. The van der Waals surface area contributed by atoms with Crippen LogP contribution in [-0.2, 0) is 17.6 Å². The van der Waals surface area contributed by atoms with Crippen molar-refractivity contribution in [1.29, 1.82) is 5.26 Å². The van der Waals surface area contributed by atoms with Crippen molar-refractivity contribution in [2.45, 2.75) is 62.6 Å². The third kappa shape index (κ3) is 5.51. The minimum Gasteiger partial charge on any atom is -0.494 e. The van der Waals surface area contributed by atoms with Gasteiger partial charge in [-0.2, -0.15) is 5.26 Å². The molecular weight excluding hydrogens is 382 g/mol. The van der Waals surface area contributed by atoms with E-state index in [4.69, 9.17) is 9.72 Å². The summed E-state index contributed by atoms with van der Waals surface area (Å²) in [6.45, 7) is 4.52. The second kappa shape index (κ2) is 10.3. The number of aryl methyl sites for hydroxylation is 2. The number of pyridine rings is 1. The zero-order chi connectivity index (χ0) is 20.6. The van der Waals surface area contributed by atoms with E-state index < -0.39 is 0 Å². The molecular formula is C23H27N3O2S. The lowest BCUT2D eigenvalue weighted by Gasteiger charge is -2.16. The molecule has 0 fully saturated rings. The largest absolute Gasteiger partial charge is 0.494 e.